The van der Waals surface area contributed by atoms with E-state index in [1.54, 1.807) is 19.1 Å². The van der Waals surface area contributed by atoms with Crippen molar-refractivity contribution in [2.24, 2.45) is 5.16 Å². The minimum atomic E-state index is -3.22. The van der Waals surface area contributed by atoms with Gasteiger partial charge < -0.3 is 4.84 Å². The second-order valence-corrected chi connectivity index (χ2v) is 6.78. The minimum Gasteiger partial charge on any atom is -0.395 e. The monoisotopic (exact) mass is 317 g/mol. The van der Waals surface area contributed by atoms with E-state index in [0.29, 0.717) is 23.5 Å². The highest BCUT2D eigenvalue weighted by molar-refractivity contribution is 9.10. The van der Waals surface area contributed by atoms with Crippen molar-refractivity contribution in [3.63, 3.8) is 0 Å². The van der Waals surface area contributed by atoms with Crippen LogP contribution in [0.4, 0.5) is 0 Å². The van der Waals surface area contributed by atoms with Crippen molar-refractivity contribution in [1.29, 1.82) is 0 Å². The first-order valence-electron chi connectivity index (χ1n) is 5.09. The summed E-state index contributed by atoms with van der Waals surface area (Å²) in [6.07, 6.45) is 1.91. The normalized spacial score (nSPS) is 15.6. The molecule has 0 spiro atoms. The van der Waals surface area contributed by atoms with Gasteiger partial charge in [-0.3, -0.25) is 0 Å². The van der Waals surface area contributed by atoms with E-state index in [1.165, 1.54) is 6.26 Å². The zero-order valence-electron chi connectivity index (χ0n) is 9.53. The largest absolute Gasteiger partial charge is 0.395 e. The third kappa shape index (κ3) is 2.37. The van der Waals surface area contributed by atoms with Crippen LogP contribution in [0.1, 0.15) is 17.5 Å². The van der Waals surface area contributed by atoms with Gasteiger partial charge in [0.1, 0.15) is 6.61 Å². The minimum absolute atomic E-state index is 0.338. The van der Waals surface area contributed by atoms with Gasteiger partial charge in [-0.2, -0.15) is 0 Å². The van der Waals surface area contributed by atoms with Crippen molar-refractivity contribution < 1.29 is 13.3 Å². The summed E-state index contributed by atoms with van der Waals surface area (Å²) in [7, 11) is -3.22. The lowest BCUT2D eigenvalue weighted by Gasteiger charge is -2.11. The topological polar surface area (TPSA) is 55.7 Å². The van der Waals surface area contributed by atoms with Crippen molar-refractivity contribution in [2.75, 3.05) is 12.9 Å². The SMILES string of the molecule is Cc1c(S(C)(=O)=O)ccc(Br)c1C1=NOCC1. The first kappa shape index (κ1) is 12.6. The van der Waals surface area contributed by atoms with Gasteiger partial charge >= 0.3 is 0 Å². The van der Waals surface area contributed by atoms with Crippen LogP contribution in [-0.2, 0) is 14.7 Å². The molecular formula is C11H12BrNO3S. The Labute approximate surface area is 109 Å². The number of sulfone groups is 1. The molecule has 17 heavy (non-hydrogen) atoms. The van der Waals surface area contributed by atoms with Crippen LogP contribution in [0.15, 0.2) is 26.7 Å². The highest BCUT2D eigenvalue weighted by atomic mass is 79.9. The molecule has 0 radical (unpaired) electrons. The van der Waals surface area contributed by atoms with Crippen molar-refractivity contribution >= 4 is 31.5 Å². The third-order valence-corrected chi connectivity index (χ3v) is 4.56. The van der Waals surface area contributed by atoms with E-state index in [4.69, 9.17) is 4.84 Å². The number of hydrogen-bond acceptors (Lipinski definition) is 4. The number of benzene rings is 1. The van der Waals surface area contributed by atoms with Gasteiger partial charge in [0.2, 0.25) is 0 Å². The van der Waals surface area contributed by atoms with Crippen LogP contribution in [0.2, 0.25) is 0 Å². The van der Waals surface area contributed by atoms with Gasteiger partial charge in [-0.05, 0) is 24.6 Å². The Morgan fingerprint density at radius 1 is 1.41 bits per heavy atom. The maximum absolute atomic E-state index is 11.6. The maximum Gasteiger partial charge on any atom is 0.175 e. The predicted octanol–water partition coefficient (Wildman–Crippen LogP) is 2.29. The quantitative estimate of drug-likeness (QED) is 0.841. The van der Waals surface area contributed by atoms with Crippen molar-refractivity contribution in [2.45, 2.75) is 18.2 Å². The number of nitrogens with zero attached hydrogens (tertiary/aromatic N) is 1. The summed E-state index contributed by atoms with van der Waals surface area (Å²) in [6, 6.07) is 3.34. The van der Waals surface area contributed by atoms with E-state index in [9.17, 15) is 8.42 Å². The molecule has 1 aromatic carbocycles. The van der Waals surface area contributed by atoms with Gasteiger partial charge in [0.25, 0.3) is 0 Å². The van der Waals surface area contributed by atoms with Crippen LogP contribution in [0.25, 0.3) is 0 Å². The van der Waals surface area contributed by atoms with E-state index in [1.807, 2.05) is 0 Å². The van der Waals surface area contributed by atoms with Gasteiger partial charge in [0, 0.05) is 22.7 Å². The molecular weight excluding hydrogens is 306 g/mol. The average Bonchev–Trinajstić information content (AvgIpc) is 2.68. The van der Waals surface area contributed by atoms with Crippen LogP contribution < -0.4 is 0 Å². The fraction of sp³-hybridized carbons (Fsp3) is 0.364. The summed E-state index contributed by atoms with van der Waals surface area (Å²) in [4.78, 5) is 5.30. The van der Waals surface area contributed by atoms with Gasteiger partial charge in [-0.15, -0.1) is 0 Å². The second-order valence-electron chi connectivity index (χ2n) is 3.94. The van der Waals surface area contributed by atoms with Gasteiger partial charge in [-0.1, -0.05) is 21.1 Å². The molecule has 2 rings (SSSR count). The number of halogens is 1. The van der Waals surface area contributed by atoms with E-state index < -0.39 is 9.84 Å². The smallest absolute Gasteiger partial charge is 0.175 e. The lowest BCUT2D eigenvalue weighted by molar-refractivity contribution is 0.174. The molecule has 0 saturated carbocycles. The first-order chi connectivity index (χ1) is 7.91. The molecule has 1 aromatic rings. The Balaban J connectivity index is 2.67. The molecule has 1 heterocycles. The molecule has 0 aromatic heterocycles. The van der Waals surface area contributed by atoms with E-state index in [0.717, 1.165) is 15.7 Å². The van der Waals surface area contributed by atoms with Crippen LogP contribution in [-0.4, -0.2) is 27.0 Å². The molecule has 0 amide bonds. The summed E-state index contributed by atoms with van der Waals surface area (Å²) in [5.74, 6) is 0. The number of rotatable bonds is 2. The Bertz CT molecular complexity index is 593. The zero-order valence-corrected chi connectivity index (χ0v) is 11.9. The molecule has 0 bridgehead atoms. The molecule has 92 valence electrons. The summed E-state index contributed by atoms with van der Waals surface area (Å²) in [5.41, 5.74) is 2.33. The van der Waals surface area contributed by atoms with Crippen LogP contribution >= 0.6 is 15.9 Å². The number of oxime groups is 1. The molecule has 6 heteroatoms. The molecule has 0 fully saturated rings. The summed E-state index contributed by atoms with van der Waals surface area (Å²) >= 11 is 3.43. The number of hydrogen-bond donors (Lipinski definition) is 0. The summed E-state index contributed by atoms with van der Waals surface area (Å²) < 4.78 is 24.1. The lowest BCUT2D eigenvalue weighted by Crippen LogP contribution is -2.08. The molecule has 1 aliphatic rings. The lowest BCUT2D eigenvalue weighted by atomic mass is 10.0. The predicted molar refractivity (Wildman–Crippen MR) is 69.1 cm³/mol. The fourth-order valence-corrected chi connectivity index (χ4v) is 3.53. The zero-order chi connectivity index (χ0) is 12.6. The van der Waals surface area contributed by atoms with Gasteiger partial charge in [0.05, 0.1) is 10.6 Å². The van der Waals surface area contributed by atoms with Crippen molar-refractivity contribution in [3.8, 4) is 0 Å². The second kappa shape index (κ2) is 4.42. The standard InChI is InChI=1S/C11H12BrNO3S/c1-7-10(17(2,14)15)4-3-8(12)11(7)9-5-6-16-13-9/h3-4H,5-6H2,1-2H3. The van der Waals surface area contributed by atoms with Crippen LogP contribution in [0.3, 0.4) is 0 Å². The molecule has 0 atom stereocenters. The highest BCUT2D eigenvalue weighted by Gasteiger charge is 2.21. The average molecular weight is 318 g/mol. The summed E-state index contributed by atoms with van der Waals surface area (Å²) in [5, 5.41) is 3.94. The van der Waals surface area contributed by atoms with Crippen molar-refractivity contribution in [1.82, 2.24) is 0 Å². The van der Waals surface area contributed by atoms with E-state index in [-0.39, 0.29) is 0 Å². The molecule has 1 aliphatic heterocycles. The highest BCUT2D eigenvalue weighted by Crippen LogP contribution is 2.29. The Morgan fingerprint density at radius 3 is 2.65 bits per heavy atom. The Hall–Kier alpha value is -0.880. The van der Waals surface area contributed by atoms with Crippen LogP contribution in [0, 0.1) is 6.92 Å². The first-order valence-corrected chi connectivity index (χ1v) is 7.78. The molecule has 0 aliphatic carbocycles. The molecule has 0 saturated heterocycles. The Morgan fingerprint density at radius 2 is 2.12 bits per heavy atom. The molecule has 0 unspecified atom stereocenters. The fourth-order valence-electron chi connectivity index (χ4n) is 1.90. The van der Waals surface area contributed by atoms with Gasteiger partial charge in [0.15, 0.2) is 9.84 Å². The molecule has 0 N–H and O–H groups in total. The summed E-state index contributed by atoms with van der Waals surface area (Å²) in [6.45, 7) is 2.33. The Kier molecular flexibility index (Phi) is 3.27. The third-order valence-electron chi connectivity index (χ3n) is 2.66. The van der Waals surface area contributed by atoms with Gasteiger partial charge in [-0.25, -0.2) is 8.42 Å². The maximum atomic E-state index is 11.6. The van der Waals surface area contributed by atoms with Crippen molar-refractivity contribution in [3.05, 3.63) is 27.7 Å². The van der Waals surface area contributed by atoms with Crippen LogP contribution in [0.5, 0.6) is 0 Å². The van der Waals surface area contributed by atoms with E-state index >= 15 is 0 Å². The van der Waals surface area contributed by atoms with E-state index in [2.05, 4.69) is 21.1 Å². The molecule has 4 nitrogen and oxygen atoms in total.